The van der Waals surface area contributed by atoms with Crippen LogP contribution in [-0.2, 0) is 28.1 Å². The van der Waals surface area contributed by atoms with E-state index >= 15 is 0 Å². The van der Waals surface area contributed by atoms with Crippen molar-refractivity contribution < 1.29 is 0 Å². The van der Waals surface area contributed by atoms with Gasteiger partial charge in [-0.05, 0) is 215 Å². The van der Waals surface area contributed by atoms with Crippen molar-refractivity contribution in [2.24, 2.45) is 0 Å². The van der Waals surface area contributed by atoms with Gasteiger partial charge in [0.2, 0.25) is 0 Å². The first-order chi connectivity index (χ1) is 39.8. The summed E-state index contributed by atoms with van der Waals surface area (Å²) in [6.45, 7) is 26.1. The van der Waals surface area contributed by atoms with E-state index in [0.717, 1.165) is 34.6 Å². The first-order valence-electron chi connectivity index (χ1n) is 29.8. The largest absolute Gasteiger partial charge is 0.311 e. The van der Waals surface area contributed by atoms with Gasteiger partial charge >= 0.3 is 0 Å². The fourth-order valence-corrected chi connectivity index (χ4v) is 13.0. The van der Waals surface area contributed by atoms with Crippen molar-refractivity contribution >= 4 is 93.8 Å². The van der Waals surface area contributed by atoms with Gasteiger partial charge in [0.15, 0.2) is 0 Å². The van der Waals surface area contributed by atoms with E-state index in [1.54, 1.807) is 0 Å². The Kier molecular flexibility index (Phi) is 13.1. The molecule has 0 aromatic heterocycles. The van der Waals surface area contributed by atoms with Crippen LogP contribution in [0, 0.1) is 0 Å². The van der Waals surface area contributed by atoms with Crippen molar-refractivity contribution in [2.75, 3.05) is 4.90 Å². The molecule has 13 aromatic rings. The van der Waals surface area contributed by atoms with E-state index in [1.807, 2.05) is 0 Å². The van der Waals surface area contributed by atoms with E-state index in [2.05, 4.69) is 324 Å². The third-order valence-electron chi connectivity index (χ3n) is 17.7. The summed E-state index contributed by atoms with van der Waals surface area (Å²) in [5.41, 5.74) is 17.4. The van der Waals surface area contributed by atoms with E-state index in [0.29, 0.717) is 0 Å². The Labute approximate surface area is 491 Å². The van der Waals surface area contributed by atoms with Gasteiger partial charge in [-0.15, -0.1) is 0 Å². The van der Waals surface area contributed by atoms with E-state index in [4.69, 9.17) is 0 Å². The Bertz CT molecular complexity index is 4530. The van der Waals surface area contributed by atoms with Gasteiger partial charge in [0.05, 0.1) is 0 Å². The maximum absolute atomic E-state index is 2.56. The Morgan fingerprint density at radius 2 is 0.627 bits per heavy atom. The molecule has 1 nitrogen and oxygen atoms in total. The van der Waals surface area contributed by atoms with Crippen LogP contribution in [0.2, 0.25) is 0 Å². The second kappa shape index (κ2) is 20.3. The van der Waals surface area contributed by atoms with E-state index < -0.39 is 0 Å². The predicted molar refractivity (Wildman–Crippen MR) is 363 cm³/mol. The van der Waals surface area contributed by atoms with Gasteiger partial charge in [0.25, 0.3) is 0 Å². The van der Waals surface area contributed by atoms with Crippen LogP contribution in [-0.4, -0.2) is 0 Å². The number of nitrogens with zero attached hydrogens (tertiary/aromatic N) is 1. The Morgan fingerprint density at radius 1 is 0.301 bits per heavy atom. The third kappa shape index (κ3) is 9.95. The second-order valence-electron chi connectivity index (χ2n) is 27.2. The van der Waals surface area contributed by atoms with Crippen molar-refractivity contribution in [1.29, 1.82) is 0 Å². The summed E-state index contributed by atoms with van der Waals surface area (Å²) >= 11 is 0. The van der Waals surface area contributed by atoms with Gasteiger partial charge in [-0.3, -0.25) is 0 Å². The van der Waals surface area contributed by atoms with Crippen molar-refractivity contribution in [1.82, 2.24) is 0 Å². The fourth-order valence-electron chi connectivity index (χ4n) is 13.0. The van der Waals surface area contributed by atoms with Gasteiger partial charge in [0, 0.05) is 17.1 Å². The number of fused-ring (bicyclic) bond motifs is 4. The molecule has 0 N–H and O–H groups in total. The first-order valence-corrected chi connectivity index (χ1v) is 29.8. The average Bonchev–Trinajstić information content (AvgIpc) is 1.58. The standard InChI is InChI=1S/C82H75N/c1-79(2,3)60-44-58-45-61(80(4,5)6)50-73-74-51-63(47-59-46-62(81(7,8)9)49-72(78(59)74)71(48-60)77(58)73)82(10,11)52-55-36-42-66(43-37-55)83(64-24-16-13-17-25-64)65-40-34-54(35-41-65)31-30-53-32-38-57(39-33-53)76-69-28-20-18-26-67(69)75(56-22-14-12-15-23-56)68-27-19-21-29-70(68)76/h12-51H,52H2,1-11H3. The highest BCUT2D eigenvalue weighted by molar-refractivity contribution is 6.33. The van der Waals surface area contributed by atoms with Crippen LogP contribution >= 0.6 is 0 Å². The number of rotatable bonds is 10. The third-order valence-corrected chi connectivity index (χ3v) is 17.7. The SMILES string of the molecule is CC(C)(C)c1cc2cc(C(C)(C)C)cc3c4cc(C(C)(C)Cc5ccc(N(c6ccccc6)c6ccc(C=Cc7ccc(-c8c9ccccc9c(-c9ccccc9)c9ccccc89)cc7)cc6)cc5)cc5cc(C(C)(C)C)cc(c(c1)c23)c54. The molecule has 0 aliphatic carbocycles. The van der Waals surface area contributed by atoms with Crippen LogP contribution in [0.1, 0.15) is 115 Å². The molecule has 83 heavy (non-hydrogen) atoms. The van der Waals surface area contributed by atoms with E-state index in [-0.39, 0.29) is 21.7 Å². The topological polar surface area (TPSA) is 3.24 Å². The van der Waals surface area contributed by atoms with E-state index in [1.165, 1.54) is 115 Å². The van der Waals surface area contributed by atoms with Crippen LogP contribution in [0.5, 0.6) is 0 Å². The monoisotopic (exact) mass is 1070 g/mol. The molecule has 408 valence electrons. The lowest BCUT2D eigenvalue weighted by Gasteiger charge is -2.30. The molecule has 0 heterocycles. The minimum Gasteiger partial charge on any atom is -0.311 e. The van der Waals surface area contributed by atoms with Crippen molar-refractivity contribution in [3.8, 4) is 22.3 Å². The smallest absolute Gasteiger partial charge is 0.0462 e. The molecule has 0 aliphatic heterocycles. The van der Waals surface area contributed by atoms with Crippen molar-refractivity contribution in [2.45, 2.75) is 104 Å². The Morgan fingerprint density at radius 3 is 1.04 bits per heavy atom. The summed E-state index contributed by atoms with van der Waals surface area (Å²) < 4.78 is 0. The van der Waals surface area contributed by atoms with Gasteiger partial charge < -0.3 is 4.90 Å². The van der Waals surface area contributed by atoms with Crippen LogP contribution in [0.3, 0.4) is 0 Å². The molecule has 0 unspecified atom stereocenters. The van der Waals surface area contributed by atoms with Crippen molar-refractivity contribution in [3.63, 3.8) is 0 Å². The number of hydrogen-bond donors (Lipinski definition) is 0. The van der Waals surface area contributed by atoms with Crippen LogP contribution in [0.15, 0.2) is 231 Å². The Balaban J connectivity index is 0.799. The number of hydrogen-bond acceptors (Lipinski definition) is 1. The molecule has 1 heteroatoms. The van der Waals surface area contributed by atoms with Crippen LogP contribution < -0.4 is 4.90 Å². The minimum atomic E-state index is -0.162. The summed E-state index contributed by atoms with van der Waals surface area (Å²) in [5, 5.41) is 16.0. The summed E-state index contributed by atoms with van der Waals surface area (Å²) in [4.78, 5) is 2.37. The highest BCUT2D eigenvalue weighted by Gasteiger charge is 2.28. The molecule has 13 rings (SSSR count). The molecular weight excluding hydrogens is 999 g/mol. The van der Waals surface area contributed by atoms with Crippen molar-refractivity contribution in [3.05, 3.63) is 269 Å². The van der Waals surface area contributed by atoms with Gasteiger partial charge in [-0.1, -0.05) is 258 Å². The zero-order chi connectivity index (χ0) is 57.6. The number of para-hydroxylation sites is 1. The molecule has 0 spiro atoms. The summed E-state index contributed by atoms with van der Waals surface area (Å²) in [7, 11) is 0. The maximum atomic E-state index is 2.56. The zero-order valence-corrected chi connectivity index (χ0v) is 50.2. The molecule has 0 atom stereocenters. The molecular formula is C82H75N. The summed E-state index contributed by atoms with van der Waals surface area (Å²) in [6, 6.07) is 86.7. The lowest BCUT2D eigenvalue weighted by molar-refractivity contribution is 0.523. The molecule has 0 aliphatic rings. The highest BCUT2D eigenvalue weighted by Crippen LogP contribution is 2.48. The molecule has 0 saturated carbocycles. The quantitative estimate of drug-likeness (QED) is 0.0749. The number of benzene rings is 13. The fraction of sp³-hybridized carbons (Fsp3) is 0.195. The lowest BCUT2D eigenvalue weighted by atomic mass is 9.75. The van der Waals surface area contributed by atoms with Crippen LogP contribution in [0.4, 0.5) is 17.1 Å². The number of anilines is 3. The normalized spacial score (nSPS) is 12.8. The molecule has 13 aromatic carbocycles. The molecule has 0 radical (unpaired) electrons. The van der Waals surface area contributed by atoms with Crippen LogP contribution in [0.25, 0.3) is 99.0 Å². The summed E-state index contributed by atoms with van der Waals surface area (Å²) in [6.07, 6.45) is 5.35. The highest BCUT2D eigenvalue weighted by atomic mass is 15.1. The van der Waals surface area contributed by atoms with Gasteiger partial charge in [-0.2, -0.15) is 0 Å². The van der Waals surface area contributed by atoms with Gasteiger partial charge in [0.1, 0.15) is 0 Å². The maximum Gasteiger partial charge on any atom is 0.0462 e. The molecule has 0 fully saturated rings. The Hall–Kier alpha value is -8.78. The second-order valence-corrected chi connectivity index (χ2v) is 27.2. The molecule has 0 bridgehead atoms. The lowest BCUT2D eigenvalue weighted by Crippen LogP contribution is -2.21. The van der Waals surface area contributed by atoms with Gasteiger partial charge in [-0.25, -0.2) is 0 Å². The predicted octanol–water partition coefficient (Wildman–Crippen LogP) is 23.4. The first kappa shape index (κ1) is 53.5. The minimum absolute atomic E-state index is 0.000707. The molecule has 0 amide bonds. The summed E-state index contributed by atoms with van der Waals surface area (Å²) in [5.74, 6) is 0. The molecule has 0 saturated heterocycles. The average molecular weight is 1070 g/mol. The van der Waals surface area contributed by atoms with E-state index in [9.17, 15) is 0 Å². The zero-order valence-electron chi connectivity index (χ0n) is 50.2.